The van der Waals surface area contributed by atoms with Gasteiger partial charge in [-0.05, 0) is 43.7 Å². The molecule has 25 heavy (non-hydrogen) atoms. The highest BCUT2D eigenvalue weighted by atomic mass is 16.5. The summed E-state index contributed by atoms with van der Waals surface area (Å²) < 4.78 is 6.91. The Kier molecular flexibility index (Phi) is 3.57. The van der Waals surface area contributed by atoms with Crippen molar-refractivity contribution in [2.75, 3.05) is 5.32 Å². The van der Waals surface area contributed by atoms with Crippen LogP contribution in [-0.2, 0) is 0 Å². The van der Waals surface area contributed by atoms with Crippen molar-refractivity contribution in [1.29, 1.82) is 0 Å². The molecule has 0 spiro atoms. The highest BCUT2D eigenvalue weighted by Gasteiger charge is 2.12. The number of rotatable bonds is 3. The van der Waals surface area contributed by atoms with Gasteiger partial charge in [-0.3, -0.25) is 4.79 Å². The van der Waals surface area contributed by atoms with Gasteiger partial charge in [-0.1, -0.05) is 17.3 Å². The van der Waals surface area contributed by atoms with E-state index in [1.165, 1.54) is 0 Å². The fraction of sp³-hybridized carbons (Fsp3) is 0.105. The number of hydrogen-bond acceptors (Lipinski definition) is 4. The van der Waals surface area contributed by atoms with Gasteiger partial charge in [0, 0.05) is 29.7 Å². The number of hydrogen-bond donors (Lipinski definition) is 1. The molecule has 0 saturated heterocycles. The van der Waals surface area contributed by atoms with Crippen molar-refractivity contribution in [1.82, 2.24) is 14.5 Å². The quantitative estimate of drug-likeness (QED) is 0.618. The summed E-state index contributed by atoms with van der Waals surface area (Å²) in [5.41, 5.74) is 4.76. The van der Waals surface area contributed by atoms with Crippen LogP contribution in [0, 0.1) is 13.8 Å². The third-order valence-electron chi connectivity index (χ3n) is 3.89. The standard InChI is InChI=1S/C19H16N4O2/c1-12-6-7-23-11-17(21-18(23)8-12)14-4-3-5-15(10-14)20-19(24)16-9-13(2)25-22-16/h3-11H,1-2H3,(H,20,24). The Hall–Kier alpha value is -3.41. The van der Waals surface area contributed by atoms with Gasteiger partial charge in [0.1, 0.15) is 11.4 Å². The molecule has 6 nitrogen and oxygen atoms in total. The summed E-state index contributed by atoms with van der Waals surface area (Å²) in [5.74, 6) is 0.290. The number of nitrogens with one attached hydrogen (secondary N) is 1. The molecule has 0 fully saturated rings. The molecule has 0 saturated carbocycles. The largest absolute Gasteiger partial charge is 0.361 e. The van der Waals surface area contributed by atoms with Crippen molar-refractivity contribution in [3.8, 4) is 11.3 Å². The fourth-order valence-electron chi connectivity index (χ4n) is 2.65. The first-order valence-electron chi connectivity index (χ1n) is 7.89. The molecule has 0 aliphatic carbocycles. The van der Waals surface area contributed by atoms with Crippen LogP contribution in [0.15, 0.2) is 59.4 Å². The van der Waals surface area contributed by atoms with Crippen molar-refractivity contribution >= 4 is 17.2 Å². The first-order chi connectivity index (χ1) is 12.1. The van der Waals surface area contributed by atoms with Crippen molar-refractivity contribution in [2.24, 2.45) is 0 Å². The molecule has 0 bridgehead atoms. The number of aromatic nitrogens is 3. The SMILES string of the molecule is Cc1ccn2cc(-c3cccc(NC(=O)c4cc(C)on4)c3)nc2c1. The third kappa shape index (κ3) is 3.01. The van der Waals surface area contributed by atoms with Crippen molar-refractivity contribution in [3.63, 3.8) is 0 Å². The van der Waals surface area contributed by atoms with Crippen molar-refractivity contribution in [3.05, 3.63) is 71.9 Å². The minimum Gasteiger partial charge on any atom is -0.361 e. The van der Waals surface area contributed by atoms with E-state index in [0.717, 1.165) is 22.5 Å². The van der Waals surface area contributed by atoms with Crippen LogP contribution >= 0.6 is 0 Å². The molecule has 0 radical (unpaired) electrons. The van der Waals surface area contributed by atoms with Gasteiger partial charge in [-0.25, -0.2) is 4.98 Å². The number of anilines is 1. The second-order valence-electron chi connectivity index (χ2n) is 5.95. The molecule has 0 aliphatic heterocycles. The highest BCUT2D eigenvalue weighted by molar-refractivity contribution is 6.03. The number of carbonyl (C=O) groups excluding carboxylic acids is 1. The third-order valence-corrected chi connectivity index (χ3v) is 3.89. The zero-order valence-electron chi connectivity index (χ0n) is 13.9. The van der Waals surface area contributed by atoms with Crippen molar-refractivity contribution in [2.45, 2.75) is 13.8 Å². The van der Waals surface area contributed by atoms with Gasteiger partial charge < -0.3 is 14.2 Å². The molecule has 6 heteroatoms. The van der Waals surface area contributed by atoms with E-state index in [0.29, 0.717) is 11.4 Å². The molecule has 124 valence electrons. The molecule has 3 heterocycles. The highest BCUT2D eigenvalue weighted by Crippen LogP contribution is 2.23. The molecular weight excluding hydrogens is 316 g/mol. The molecule has 4 rings (SSSR count). The summed E-state index contributed by atoms with van der Waals surface area (Å²) in [6, 6.07) is 13.2. The zero-order chi connectivity index (χ0) is 17.4. The lowest BCUT2D eigenvalue weighted by molar-refractivity contribution is 0.101. The van der Waals surface area contributed by atoms with Crippen LogP contribution < -0.4 is 5.32 Å². The van der Waals surface area contributed by atoms with Crippen LogP contribution in [0.3, 0.4) is 0 Å². The van der Waals surface area contributed by atoms with Gasteiger partial charge in [-0.15, -0.1) is 0 Å². The topological polar surface area (TPSA) is 72.4 Å². The molecule has 1 amide bonds. The van der Waals surface area contributed by atoms with E-state index in [2.05, 4.69) is 15.5 Å². The van der Waals surface area contributed by atoms with E-state index in [9.17, 15) is 4.79 Å². The van der Waals surface area contributed by atoms with Gasteiger partial charge in [0.25, 0.3) is 5.91 Å². The maximum absolute atomic E-state index is 12.2. The molecule has 0 aliphatic rings. The molecule has 0 unspecified atom stereocenters. The van der Waals surface area contributed by atoms with Gasteiger partial charge in [0.2, 0.25) is 0 Å². The molecular formula is C19H16N4O2. The maximum atomic E-state index is 12.2. The Balaban J connectivity index is 1.63. The van der Waals surface area contributed by atoms with Gasteiger partial charge in [-0.2, -0.15) is 0 Å². The monoisotopic (exact) mass is 332 g/mol. The Bertz CT molecular complexity index is 1080. The number of amides is 1. The summed E-state index contributed by atoms with van der Waals surface area (Å²) in [6.07, 6.45) is 3.95. The van der Waals surface area contributed by atoms with Gasteiger partial charge in [0.05, 0.1) is 5.69 Å². The maximum Gasteiger partial charge on any atom is 0.277 e. The predicted molar refractivity (Wildman–Crippen MR) is 94.6 cm³/mol. The number of carbonyl (C=O) groups is 1. The Labute approximate surface area is 144 Å². The average molecular weight is 332 g/mol. The molecule has 1 aromatic carbocycles. The lowest BCUT2D eigenvalue weighted by atomic mass is 10.1. The van der Waals surface area contributed by atoms with Crippen molar-refractivity contribution < 1.29 is 9.32 Å². The lowest BCUT2D eigenvalue weighted by Gasteiger charge is -2.04. The van der Waals surface area contributed by atoms with E-state index in [1.807, 2.05) is 60.1 Å². The summed E-state index contributed by atoms with van der Waals surface area (Å²) in [5, 5.41) is 6.56. The zero-order valence-corrected chi connectivity index (χ0v) is 13.9. The van der Waals surface area contributed by atoms with Crippen LogP contribution in [0.25, 0.3) is 16.9 Å². The van der Waals surface area contributed by atoms with E-state index in [-0.39, 0.29) is 11.6 Å². The van der Waals surface area contributed by atoms with Gasteiger partial charge >= 0.3 is 0 Å². The first-order valence-corrected chi connectivity index (χ1v) is 7.89. The van der Waals surface area contributed by atoms with E-state index < -0.39 is 0 Å². The van der Waals surface area contributed by atoms with E-state index in [4.69, 9.17) is 4.52 Å². The summed E-state index contributed by atoms with van der Waals surface area (Å²) in [6.45, 7) is 3.78. The fourth-order valence-corrected chi connectivity index (χ4v) is 2.65. The number of fused-ring (bicyclic) bond motifs is 1. The van der Waals surface area contributed by atoms with E-state index >= 15 is 0 Å². The number of imidazole rings is 1. The Morgan fingerprint density at radius 1 is 1.16 bits per heavy atom. The number of benzene rings is 1. The minimum absolute atomic E-state index is 0.256. The normalized spacial score (nSPS) is 11.0. The summed E-state index contributed by atoms with van der Waals surface area (Å²) in [4.78, 5) is 16.8. The van der Waals surface area contributed by atoms with Crippen LogP contribution in [0.4, 0.5) is 5.69 Å². The second-order valence-corrected chi connectivity index (χ2v) is 5.95. The Morgan fingerprint density at radius 3 is 2.84 bits per heavy atom. The average Bonchev–Trinajstić information content (AvgIpc) is 3.21. The smallest absolute Gasteiger partial charge is 0.277 e. The Morgan fingerprint density at radius 2 is 2.04 bits per heavy atom. The molecule has 1 N–H and O–H groups in total. The van der Waals surface area contributed by atoms with Crippen LogP contribution in [0.5, 0.6) is 0 Å². The predicted octanol–water partition coefficient (Wildman–Crippen LogP) is 3.86. The minimum atomic E-state index is -0.306. The number of aryl methyl sites for hydroxylation is 2. The molecule has 0 atom stereocenters. The number of pyridine rings is 1. The van der Waals surface area contributed by atoms with Crippen LogP contribution in [0.2, 0.25) is 0 Å². The first kappa shape index (κ1) is 15.1. The summed E-state index contributed by atoms with van der Waals surface area (Å²) >= 11 is 0. The van der Waals surface area contributed by atoms with Crippen LogP contribution in [-0.4, -0.2) is 20.4 Å². The number of nitrogens with zero attached hydrogens (tertiary/aromatic N) is 3. The summed E-state index contributed by atoms with van der Waals surface area (Å²) in [7, 11) is 0. The molecule has 4 aromatic rings. The lowest BCUT2D eigenvalue weighted by Crippen LogP contribution is -2.12. The van der Waals surface area contributed by atoms with E-state index in [1.54, 1.807) is 13.0 Å². The van der Waals surface area contributed by atoms with Crippen LogP contribution in [0.1, 0.15) is 21.8 Å². The second kappa shape index (κ2) is 5.90. The van der Waals surface area contributed by atoms with Gasteiger partial charge in [0.15, 0.2) is 5.69 Å². The molecule has 3 aromatic heterocycles.